The first kappa shape index (κ1) is 55.3. The van der Waals surface area contributed by atoms with Crippen molar-refractivity contribution in [3.8, 4) is 11.1 Å². The van der Waals surface area contributed by atoms with E-state index in [0.717, 1.165) is 0 Å². The minimum absolute atomic E-state index is 0.285. The lowest BCUT2D eigenvalue weighted by atomic mass is 9.87. The second-order valence-corrected chi connectivity index (χ2v) is 19.3. The van der Waals surface area contributed by atoms with Crippen LogP contribution < -0.4 is 0 Å². The third-order valence-electron chi connectivity index (χ3n) is 12.0. The molecule has 0 bridgehead atoms. The third-order valence-corrected chi connectivity index (χ3v) is 12.0. The smallest absolute Gasteiger partial charge is 0.0132 e. The largest absolute Gasteiger partial charge is 0.0622 e. The SMILES string of the molecule is Cc1ccc(-c2ccccc2)cc1.Cc1ccc(C(C)(C)C)cc1.Cc1ccc(C)cc1.Cc1ccc2ccccc2c1.Cc1cccc(C)c1C.Cc1cccc2ccccc12.Cc1ccccc1. The molecule has 0 saturated heterocycles. The Bertz CT molecular complexity index is 2950. The van der Waals surface area contributed by atoms with Gasteiger partial charge in [0.2, 0.25) is 0 Å². The fourth-order valence-electron chi connectivity index (χ4n) is 7.20. The van der Waals surface area contributed by atoms with Crippen LogP contribution in [0.3, 0.4) is 0 Å². The number of aryl methyl sites for hydroxylation is 9. The molecule has 0 aliphatic carbocycles. The molecule has 0 radical (unpaired) electrons. The molecular weight excluding hydrogens is 841 g/mol. The van der Waals surface area contributed by atoms with Crippen LogP contribution in [0.1, 0.15) is 82.0 Å². The first-order chi connectivity index (χ1) is 33.5. The summed E-state index contributed by atoms with van der Waals surface area (Å²) in [5, 5.41) is 5.33. The Hall–Kier alpha value is -7.28. The molecule has 0 aromatic heterocycles. The number of rotatable bonds is 1. The Morgan fingerprint density at radius 2 is 0.600 bits per heavy atom. The summed E-state index contributed by atoms with van der Waals surface area (Å²) in [6, 6.07) is 82.6. The van der Waals surface area contributed by atoms with Crippen molar-refractivity contribution in [2.45, 2.75) is 95.4 Å². The van der Waals surface area contributed by atoms with Gasteiger partial charge in [0, 0.05) is 0 Å². The Morgan fingerprint density at radius 3 is 1.07 bits per heavy atom. The van der Waals surface area contributed by atoms with Crippen molar-refractivity contribution in [1.82, 2.24) is 0 Å². The number of fused-ring (bicyclic) bond motifs is 2. The van der Waals surface area contributed by atoms with Gasteiger partial charge in [0.25, 0.3) is 0 Å². The summed E-state index contributed by atoms with van der Waals surface area (Å²) < 4.78 is 0. The van der Waals surface area contributed by atoms with Crippen LogP contribution in [0.15, 0.2) is 237 Å². The third kappa shape index (κ3) is 20.1. The minimum Gasteiger partial charge on any atom is -0.0622 e. The van der Waals surface area contributed by atoms with Crippen LogP contribution in [0.4, 0.5) is 0 Å². The van der Waals surface area contributed by atoms with Gasteiger partial charge in [-0.1, -0.05) is 291 Å². The highest BCUT2D eigenvalue weighted by Crippen LogP contribution is 2.22. The van der Waals surface area contributed by atoms with E-state index in [2.05, 4.69) is 302 Å². The standard InChI is InChI=1S/C13H12.2C11H10.C11H16.C9H12.C8H10.C7H8/c1-11-7-9-13(10-8-11)12-5-3-2-4-6-12;1-9-5-4-7-10-6-2-3-8-11(9)10;1-9-6-7-10-4-2-3-5-11(10)8-9;1-9-5-7-10(8-6-9)11(2,3)4;1-7-5-4-6-8(2)9(7)3;1-7-3-5-8(2)6-4-7;1-7-5-3-2-4-6-7/h2-10H,1H3;2*2-8H,1H3;5-8H,1-4H3;4-6H,1-3H3;3-6H,1-2H3;2-6H,1H3. The minimum atomic E-state index is 0.285. The molecule has 358 valence electrons. The molecular formula is C70H78. The second-order valence-electron chi connectivity index (χ2n) is 19.3. The molecule has 0 heterocycles. The lowest BCUT2D eigenvalue weighted by Crippen LogP contribution is -2.10. The van der Waals surface area contributed by atoms with E-state index >= 15 is 0 Å². The maximum absolute atomic E-state index is 2.23. The second kappa shape index (κ2) is 28.9. The maximum Gasteiger partial charge on any atom is -0.0132 e. The molecule has 0 nitrogen and oxygen atoms in total. The van der Waals surface area contributed by atoms with Crippen LogP contribution in [-0.4, -0.2) is 0 Å². The Balaban J connectivity index is 0.000000179. The molecule has 10 aromatic rings. The van der Waals surface area contributed by atoms with Crippen molar-refractivity contribution < 1.29 is 0 Å². The van der Waals surface area contributed by atoms with Gasteiger partial charge in [0.15, 0.2) is 0 Å². The molecule has 0 saturated carbocycles. The monoisotopic (exact) mass is 919 g/mol. The quantitative estimate of drug-likeness (QED) is 0.154. The molecule has 10 rings (SSSR count). The van der Waals surface area contributed by atoms with Gasteiger partial charge in [-0.25, -0.2) is 0 Å². The maximum atomic E-state index is 2.23. The van der Waals surface area contributed by atoms with E-state index in [-0.39, 0.29) is 5.41 Å². The van der Waals surface area contributed by atoms with Gasteiger partial charge in [-0.15, -0.1) is 0 Å². The zero-order valence-electron chi connectivity index (χ0n) is 44.5. The molecule has 0 unspecified atom stereocenters. The van der Waals surface area contributed by atoms with E-state index in [0.29, 0.717) is 0 Å². The summed E-state index contributed by atoms with van der Waals surface area (Å²) in [7, 11) is 0. The summed E-state index contributed by atoms with van der Waals surface area (Å²) in [6.45, 7) is 27.9. The van der Waals surface area contributed by atoms with Crippen molar-refractivity contribution in [3.63, 3.8) is 0 Å². The van der Waals surface area contributed by atoms with Crippen LogP contribution in [-0.2, 0) is 5.41 Å². The fraction of sp³-hybridized carbons (Fsp3) is 0.200. The van der Waals surface area contributed by atoms with Crippen LogP contribution in [0.2, 0.25) is 0 Å². The van der Waals surface area contributed by atoms with Crippen LogP contribution in [0.25, 0.3) is 32.7 Å². The highest BCUT2D eigenvalue weighted by atomic mass is 14.2. The molecule has 0 fully saturated rings. The highest BCUT2D eigenvalue weighted by molar-refractivity contribution is 5.85. The van der Waals surface area contributed by atoms with Crippen molar-refractivity contribution >= 4 is 21.5 Å². The van der Waals surface area contributed by atoms with Crippen molar-refractivity contribution in [2.75, 3.05) is 0 Å². The van der Waals surface area contributed by atoms with E-state index in [1.165, 1.54) is 93.9 Å². The van der Waals surface area contributed by atoms with E-state index in [9.17, 15) is 0 Å². The van der Waals surface area contributed by atoms with Crippen molar-refractivity contribution in [2.24, 2.45) is 0 Å². The van der Waals surface area contributed by atoms with Gasteiger partial charge < -0.3 is 0 Å². The summed E-state index contributed by atoms with van der Waals surface area (Å²) >= 11 is 0. The molecule has 10 aromatic carbocycles. The molecule has 0 heteroatoms. The van der Waals surface area contributed by atoms with Gasteiger partial charge in [-0.05, 0) is 135 Å². The number of hydrogen-bond donors (Lipinski definition) is 0. The Morgan fingerprint density at radius 1 is 0.243 bits per heavy atom. The predicted molar refractivity (Wildman–Crippen MR) is 312 cm³/mol. The van der Waals surface area contributed by atoms with Crippen LogP contribution >= 0.6 is 0 Å². The lowest BCUT2D eigenvalue weighted by Gasteiger charge is -2.18. The van der Waals surface area contributed by atoms with Crippen LogP contribution in [0.5, 0.6) is 0 Å². The zero-order chi connectivity index (χ0) is 50.9. The lowest BCUT2D eigenvalue weighted by molar-refractivity contribution is 0.590. The van der Waals surface area contributed by atoms with E-state index in [1.807, 2.05) is 24.3 Å². The first-order valence-corrected chi connectivity index (χ1v) is 24.7. The van der Waals surface area contributed by atoms with Gasteiger partial charge in [-0.2, -0.15) is 0 Å². The molecule has 0 N–H and O–H groups in total. The Kier molecular flexibility index (Phi) is 22.8. The predicted octanol–water partition coefficient (Wildman–Crippen LogP) is 20.2. The zero-order valence-corrected chi connectivity index (χ0v) is 44.5. The molecule has 0 spiro atoms. The number of hydrogen-bond acceptors (Lipinski definition) is 0. The fourth-order valence-corrected chi connectivity index (χ4v) is 7.20. The summed E-state index contributed by atoms with van der Waals surface area (Å²) in [4.78, 5) is 0. The van der Waals surface area contributed by atoms with E-state index < -0.39 is 0 Å². The van der Waals surface area contributed by atoms with Gasteiger partial charge in [-0.3, -0.25) is 0 Å². The van der Waals surface area contributed by atoms with E-state index in [4.69, 9.17) is 0 Å². The van der Waals surface area contributed by atoms with Gasteiger partial charge in [0.1, 0.15) is 0 Å². The molecule has 0 aliphatic heterocycles. The van der Waals surface area contributed by atoms with Crippen molar-refractivity contribution in [1.29, 1.82) is 0 Å². The number of benzene rings is 10. The average Bonchev–Trinajstić information content (AvgIpc) is 3.36. The summed E-state index contributed by atoms with van der Waals surface area (Å²) in [5.41, 5.74) is 17.7. The molecule has 70 heavy (non-hydrogen) atoms. The summed E-state index contributed by atoms with van der Waals surface area (Å²) in [5.74, 6) is 0. The van der Waals surface area contributed by atoms with Gasteiger partial charge >= 0.3 is 0 Å². The summed E-state index contributed by atoms with van der Waals surface area (Å²) in [6.07, 6.45) is 0. The van der Waals surface area contributed by atoms with Gasteiger partial charge in [0.05, 0.1) is 0 Å². The van der Waals surface area contributed by atoms with Crippen molar-refractivity contribution in [3.05, 3.63) is 298 Å². The molecule has 0 amide bonds. The first-order valence-electron chi connectivity index (χ1n) is 24.7. The topological polar surface area (TPSA) is 0 Å². The normalized spacial score (nSPS) is 10.1. The molecule has 0 atom stereocenters. The average molecular weight is 919 g/mol. The van der Waals surface area contributed by atoms with E-state index in [1.54, 1.807) is 0 Å². The molecule has 0 aliphatic rings. The Labute approximate surface area is 423 Å². The van der Waals surface area contributed by atoms with Crippen LogP contribution in [0, 0.1) is 69.2 Å². The highest BCUT2D eigenvalue weighted by Gasteiger charge is 2.12.